The molecule has 3 nitrogen and oxygen atoms in total. The van der Waals surface area contributed by atoms with Crippen molar-refractivity contribution in [3.8, 4) is 17.2 Å². The van der Waals surface area contributed by atoms with Crippen LogP contribution < -0.4 is 20.1 Å². The van der Waals surface area contributed by atoms with Gasteiger partial charge in [-0.15, -0.1) is 0 Å². The predicted molar refractivity (Wildman–Crippen MR) is 75.2 cm³/mol. The smallest absolute Gasteiger partial charge is 0.165 e. The van der Waals surface area contributed by atoms with Gasteiger partial charge in [-0.1, -0.05) is 26.8 Å². The second kappa shape index (κ2) is 5.89. The van der Waals surface area contributed by atoms with Gasteiger partial charge in [-0.05, 0) is 12.1 Å². The van der Waals surface area contributed by atoms with E-state index in [1.54, 1.807) is 30.3 Å². The highest BCUT2D eigenvalue weighted by Gasteiger charge is 2.13. The molecule has 2 rings (SSSR count). The van der Waals surface area contributed by atoms with Crippen LogP contribution in [0.4, 0.5) is 4.39 Å². The predicted octanol–water partition coefficient (Wildman–Crippen LogP) is 2.18. The molecule has 0 saturated heterocycles. The molecule has 1 N–H and O–H groups in total. The molecule has 1 atom stereocenters. The van der Waals surface area contributed by atoms with Gasteiger partial charge in [0.2, 0.25) is 0 Å². The third-order valence-electron chi connectivity index (χ3n) is 2.65. The molecule has 0 amide bonds. The number of benzene rings is 2. The molecule has 2 aromatic rings. The number of methoxy groups -OCH3 is 2. The molecule has 0 heterocycles. The number of ether oxygens (including phenoxy) is 2. The zero-order valence-corrected chi connectivity index (χ0v) is 11.6. The lowest BCUT2D eigenvalue weighted by molar-refractivity contribution is 0.366. The molecule has 0 bridgehead atoms. The summed E-state index contributed by atoms with van der Waals surface area (Å²) in [6.07, 6.45) is 0. The van der Waals surface area contributed by atoms with Gasteiger partial charge in [-0.3, -0.25) is 0 Å². The van der Waals surface area contributed by atoms with Crippen LogP contribution >= 0.6 is 8.58 Å². The normalized spacial score (nSPS) is 10.9. The lowest BCUT2D eigenvalue weighted by atomic mass is 10.3. The van der Waals surface area contributed by atoms with Gasteiger partial charge in [-0.25, -0.2) is 4.39 Å². The van der Waals surface area contributed by atoms with Crippen LogP contribution in [-0.2, 0) is 0 Å². The molecule has 0 aliphatic rings. The Kier molecular flexibility index (Phi) is 4.23. The Morgan fingerprint density at radius 1 is 1.05 bits per heavy atom. The Morgan fingerprint density at radius 3 is 2.42 bits per heavy atom. The maximum absolute atomic E-state index is 13.6. The number of rotatable bonds is 4. The Bertz CT molecular complexity index is 587. The summed E-state index contributed by atoms with van der Waals surface area (Å²) >= 11 is 0. The minimum absolute atomic E-state index is 0.0118. The standard InChI is InChI=1S/C14H14FO3P/c1-17-9-7-11(18-2)14(16)13(8-9)19-12-6-4-3-5-10(12)15/h3-8,16,19H,1-2H3. The molecule has 0 spiro atoms. The highest BCUT2D eigenvalue weighted by molar-refractivity contribution is 7.55. The molecule has 0 radical (unpaired) electrons. The van der Waals surface area contributed by atoms with Crippen LogP contribution in [0, 0.1) is 5.82 Å². The van der Waals surface area contributed by atoms with Crippen LogP contribution in [-0.4, -0.2) is 19.3 Å². The fourth-order valence-corrected chi connectivity index (χ4v) is 2.79. The van der Waals surface area contributed by atoms with Gasteiger partial charge in [-0.2, -0.15) is 0 Å². The van der Waals surface area contributed by atoms with Crippen LogP contribution in [0.5, 0.6) is 17.2 Å². The molecule has 0 aromatic heterocycles. The minimum atomic E-state index is -0.290. The fourth-order valence-electron chi connectivity index (χ4n) is 1.66. The van der Waals surface area contributed by atoms with E-state index in [-0.39, 0.29) is 20.1 Å². The monoisotopic (exact) mass is 280 g/mol. The second-order valence-electron chi connectivity index (χ2n) is 3.83. The van der Waals surface area contributed by atoms with Crippen molar-refractivity contribution in [3.63, 3.8) is 0 Å². The van der Waals surface area contributed by atoms with Gasteiger partial charge >= 0.3 is 0 Å². The van der Waals surface area contributed by atoms with Crippen molar-refractivity contribution in [2.24, 2.45) is 0 Å². The number of phenols is 1. The average molecular weight is 280 g/mol. The topological polar surface area (TPSA) is 38.7 Å². The summed E-state index contributed by atoms with van der Waals surface area (Å²) < 4.78 is 23.9. The third-order valence-corrected chi connectivity index (χ3v) is 3.97. The lowest BCUT2D eigenvalue weighted by Crippen LogP contribution is -2.08. The third kappa shape index (κ3) is 2.96. The van der Waals surface area contributed by atoms with E-state index in [4.69, 9.17) is 9.47 Å². The van der Waals surface area contributed by atoms with Crippen LogP contribution in [0.3, 0.4) is 0 Å². The van der Waals surface area contributed by atoms with Crippen LogP contribution in [0.2, 0.25) is 0 Å². The van der Waals surface area contributed by atoms with Crippen LogP contribution in [0.25, 0.3) is 0 Å². The fraction of sp³-hybridized carbons (Fsp3) is 0.143. The van der Waals surface area contributed by atoms with Crippen molar-refractivity contribution in [2.45, 2.75) is 0 Å². The van der Waals surface area contributed by atoms with Gasteiger partial charge in [0, 0.05) is 16.7 Å². The largest absolute Gasteiger partial charge is 0.504 e. The molecular weight excluding hydrogens is 266 g/mol. The molecule has 0 fully saturated rings. The average Bonchev–Trinajstić information content (AvgIpc) is 2.43. The molecule has 0 aliphatic carbocycles. The number of hydrogen-bond acceptors (Lipinski definition) is 3. The van der Waals surface area contributed by atoms with E-state index < -0.39 is 0 Å². The molecule has 2 aromatic carbocycles. The summed E-state index contributed by atoms with van der Waals surface area (Å²) in [5.41, 5.74) is 0. The second-order valence-corrected chi connectivity index (χ2v) is 5.16. The van der Waals surface area contributed by atoms with Crippen LogP contribution in [0.1, 0.15) is 0 Å². The van der Waals surface area contributed by atoms with E-state index in [1.807, 2.05) is 0 Å². The highest BCUT2D eigenvalue weighted by Crippen LogP contribution is 2.32. The van der Waals surface area contributed by atoms with E-state index in [1.165, 1.54) is 20.3 Å². The van der Waals surface area contributed by atoms with Crippen molar-refractivity contribution in [1.82, 2.24) is 0 Å². The summed E-state index contributed by atoms with van der Waals surface area (Å²) in [6, 6.07) is 9.76. The Labute approximate surface area is 112 Å². The molecule has 5 heteroatoms. The molecule has 19 heavy (non-hydrogen) atoms. The van der Waals surface area contributed by atoms with Crippen LogP contribution in [0.15, 0.2) is 36.4 Å². The Hall–Kier alpha value is -1.80. The summed E-state index contributed by atoms with van der Waals surface area (Å²) in [5, 5.41) is 11.2. The van der Waals surface area contributed by atoms with Crippen molar-refractivity contribution in [2.75, 3.05) is 14.2 Å². The minimum Gasteiger partial charge on any atom is -0.504 e. The maximum Gasteiger partial charge on any atom is 0.165 e. The van der Waals surface area contributed by atoms with Crippen molar-refractivity contribution >= 4 is 19.2 Å². The van der Waals surface area contributed by atoms with Crippen molar-refractivity contribution < 1.29 is 19.0 Å². The molecule has 0 saturated carbocycles. The first kappa shape index (κ1) is 13.6. The maximum atomic E-state index is 13.6. The van der Waals surface area contributed by atoms with Gasteiger partial charge in [0.1, 0.15) is 11.6 Å². The van der Waals surface area contributed by atoms with Gasteiger partial charge in [0.25, 0.3) is 0 Å². The van der Waals surface area contributed by atoms with E-state index in [0.29, 0.717) is 22.1 Å². The number of aromatic hydroxyl groups is 1. The molecule has 1 unspecified atom stereocenters. The first-order chi connectivity index (χ1) is 9.15. The lowest BCUT2D eigenvalue weighted by Gasteiger charge is -2.12. The first-order valence-electron chi connectivity index (χ1n) is 5.62. The number of phenolic OH excluding ortho intramolecular Hbond substituents is 1. The Balaban J connectivity index is 2.42. The first-order valence-corrected chi connectivity index (χ1v) is 6.62. The molecule has 0 aliphatic heterocycles. The summed E-state index contributed by atoms with van der Waals surface area (Å²) in [6.45, 7) is 0. The molecule has 100 valence electrons. The van der Waals surface area contributed by atoms with Gasteiger partial charge in [0.15, 0.2) is 11.5 Å². The Morgan fingerprint density at radius 2 is 1.79 bits per heavy atom. The quantitative estimate of drug-likeness (QED) is 0.872. The van der Waals surface area contributed by atoms with Gasteiger partial charge < -0.3 is 14.6 Å². The van der Waals surface area contributed by atoms with E-state index >= 15 is 0 Å². The summed E-state index contributed by atoms with van der Waals surface area (Å²) in [7, 11) is 2.98. The summed E-state index contributed by atoms with van der Waals surface area (Å²) in [5.74, 6) is 0.610. The van der Waals surface area contributed by atoms with E-state index in [0.717, 1.165) is 0 Å². The number of halogens is 1. The van der Waals surface area contributed by atoms with E-state index in [9.17, 15) is 9.50 Å². The van der Waals surface area contributed by atoms with Gasteiger partial charge in [0.05, 0.1) is 14.2 Å². The molecular formula is C14H14FO3P. The SMILES string of the molecule is COc1cc(OC)c(O)c(Pc2ccccc2F)c1. The highest BCUT2D eigenvalue weighted by atomic mass is 31.1. The zero-order chi connectivity index (χ0) is 13.8. The van der Waals surface area contributed by atoms with E-state index in [2.05, 4.69) is 0 Å². The number of hydrogen-bond donors (Lipinski definition) is 1. The van der Waals surface area contributed by atoms with Crippen molar-refractivity contribution in [3.05, 3.63) is 42.2 Å². The summed E-state index contributed by atoms with van der Waals surface area (Å²) in [4.78, 5) is 0. The van der Waals surface area contributed by atoms with Crippen molar-refractivity contribution in [1.29, 1.82) is 0 Å². The zero-order valence-electron chi connectivity index (χ0n) is 10.6.